The van der Waals surface area contributed by atoms with Crippen LogP contribution in [-0.4, -0.2) is 69.6 Å². The first-order valence-corrected chi connectivity index (χ1v) is 13.6. The molecule has 200 valence electrons. The first-order chi connectivity index (χ1) is 18.7. The maximum absolute atomic E-state index is 13.9. The molecule has 5 rings (SSSR count). The number of amides is 3. The molecule has 0 bridgehead atoms. The van der Waals surface area contributed by atoms with Gasteiger partial charge in [0.25, 0.3) is 11.8 Å². The number of halogens is 1. The fraction of sp³-hybridized carbons (Fsp3) is 0.267. The highest BCUT2D eigenvalue weighted by Crippen LogP contribution is 2.32. The molecule has 2 saturated heterocycles. The van der Waals surface area contributed by atoms with Gasteiger partial charge in [-0.25, -0.2) is 0 Å². The average Bonchev–Trinajstić information content (AvgIpc) is 3.50. The number of phenols is 1. The van der Waals surface area contributed by atoms with Crippen LogP contribution in [0.5, 0.6) is 5.75 Å². The summed E-state index contributed by atoms with van der Waals surface area (Å²) in [6.07, 6.45) is 0.651. The third-order valence-electron chi connectivity index (χ3n) is 7.33. The van der Waals surface area contributed by atoms with E-state index in [-0.39, 0.29) is 36.3 Å². The minimum atomic E-state index is -0.950. The fourth-order valence-corrected chi connectivity index (χ4v) is 5.74. The third-order valence-corrected chi connectivity index (χ3v) is 7.82. The number of carbonyl (C=O) groups excluding carboxylic acids is 4. The summed E-state index contributed by atoms with van der Waals surface area (Å²) in [4.78, 5) is 56.5. The van der Waals surface area contributed by atoms with Crippen LogP contribution in [0.4, 0.5) is 0 Å². The normalized spacial score (nSPS) is 19.1. The van der Waals surface area contributed by atoms with E-state index in [4.69, 9.17) is 0 Å². The molecule has 0 aromatic heterocycles. The standard InChI is InChI=1S/C30H28BrN3O5/c1-18-5-9-20(10-6-18)29(38)34-17-26(36)27-25(34)13-14-33(27)30(39)24(15-19-7-11-23(35)12-8-19)32-28(37)21-3-2-4-22(31)16-21/h2-12,16,24-25,27,35H,13-15,17H2,1H3,(H,32,37)/t24-,25+,27?/m0/s1. The molecular formula is C30H28BrN3O5. The maximum atomic E-state index is 13.9. The van der Waals surface area contributed by atoms with Gasteiger partial charge in [-0.3, -0.25) is 19.2 Å². The molecule has 3 atom stereocenters. The summed E-state index contributed by atoms with van der Waals surface area (Å²) in [5.74, 6) is -1.12. The topological polar surface area (TPSA) is 107 Å². The van der Waals surface area contributed by atoms with Crippen molar-refractivity contribution in [2.24, 2.45) is 0 Å². The van der Waals surface area contributed by atoms with Crippen molar-refractivity contribution in [3.63, 3.8) is 0 Å². The Bertz CT molecular complexity index is 1420. The van der Waals surface area contributed by atoms with Gasteiger partial charge in [0, 0.05) is 28.6 Å². The molecule has 0 spiro atoms. The van der Waals surface area contributed by atoms with Crippen molar-refractivity contribution in [2.75, 3.05) is 13.1 Å². The van der Waals surface area contributed by atoms with Gasteiger partial charge in [0.05, 0.1) is 12.6 Å². The van der Waals surface area contributed by atoms with Crippen molar-refractivity contribution in [1.29, 1.82) is 0 Å². The number of aromatic hydroxyl groups is 1. The molecule has 2 fully saturated rings. The second-order valence-electron chi connectivity index (χ2n) is 10.0. The van der Waals surface area contributed by atoms with Crippen molar-refractivity contribution in [3.05, 3.63) is 99.5 Å². The van der Waals surface area contributed by atoms with Crippen LogP contribution in [0.3, 0.4) is 0 Å². The van der Waals surface area contributed by atoms with Gasteiger partial charge in [0.2, 0.25) is 5.91 Å². The molecule has 1 unspecified atom stereocenters. The van der Waals surface area contributed by atoms with Crippen LogP contribution in [0, 0.1) is 6.92 Å². The molecule has 0 radical (unpaired) electrons. The Morgan fingerprint density at radius 3 is 2.41 bits per heavy atom. The van der Waals surface area contributed by atoms with Crippen LogP contribution in [-0.2, 0) is 16.0 Å². The highest BCUT2D eigenvalue weighted by Gasteiger charge is 2.52. The van der Waals surface area contributed by atoms with Crippen LogP contribution < -0.4 is 5.32 Å². The van der Waals surface area contributed by atoms with Crippen molar-refractivity contribution < 1.29 is 24.3 Å². The smallest absolute Gasteiger partial charge is 0.254 e. The summed E-state index contributed by atoms with van der Waals surface area (Å²) in [5, 5.41) is 12.5. The lowest BCUT2D eigenvalue weighted by molar-refractivity contribution is -0.138. The van der Waals surface area contributed by atoms with Crippen LogP contribution in [0.1, 0.15) is 38.3 Å². The molecule has 9 heteroatoms. The summed E-state index contributed by atoms with van der Waals surface area (Å²) < 4.78 is 0.730. The van der Waals surface area contributed by atoms with E-state index >= 15 is 0 Å². The van der Waals surface area contributed by atoms with Crippen molar-refractivity contribution in [3.8, 4) is 5.75 Å². The summed E-state index contributed by atoms with van der Waals surface area (Å²) >= 11 is 3.37. The van der Waals surface area contributed by atoms with E-state index < -0.39 is 24.0 Å². The molecule has 2 aliphatic heterocycles. The van der Waals surface area contributed by atoms with Gasteiger partial charge in [0.1, 0.15) is 17.8 Å². The Labute approximate surface area is 234 Å². The van der Waals surface area contributed by atoms with Gasteiger partial charge in [-0.05, 0) is 61.4 Å². The molecule has 8 nitrogen and oxygen atoms in total. The molecule has 2 aliphatic rings. The maximum Gasteiger partial charge on any atom is 0.254 e. The number of Topliss-reactive ketones (excluding diaryl/α,β-unsaturated/α-hetero) is 1. The van der Waals surface area contributed by atoms with E-state index in [0.717, 1.165) is 15.6 Å². The number of hydrogen-bond acceptors (Lipinski definition) is 5. The number of aryl methyl sites for hydroxylation is 1. The number of hydrogen-bond donors (Lipinski definition) is 2. The van der Waals surface area contributed by atoms with E-state index in [1.54, 1.807) is 53.4 Å². The largest absolute Gasteiger partial charge is 0.508 e. The molecule has 39 heavy (non-hydrogen) atoms. The number of nitrogens with one attached hydrogen (secondary N) is 1. The number of ketones is 1. The van der Waals surface area contributed by atoms with Gasteiger partial charge >= 0.3 is 0 Å². The molecular weight excluding hydrogens is 562 g/mol. The lowest BCUT2D eigenvalue weighted by atomic mass is 10.0. The van der Waals surface area contributed by atoms with Gasteiger partial charge in [-0.15, -0.1) is 0 Å². The second kappa shape index (κ2) is 11.0. The molecule has 2 heterocycles. The summed E-state index contributed by atoms with van der Waals surface area (Å²) in [5.41, 5.74) is 2.67. The minimum absolute atomic E-state index is 0.0567. The first-order valence-electron chi connectivity index (χ1n) is 12.8. The van der Waals surface area contributed by atoms with E-state index in [1.807, 2.05) is 19.1 Å². The van der Waals surface area contributed by atoms with Gasteiger partial charge in [-0.1, -0.05) is 51.8 Å². The SMILES string of the molecule is Cc1ccc(C(=O)N2CC(=O)C3[C@H]2CCN3C(=O)[C@H](Cc2ccc(O)cc2)NC(=O)c2cccc(Br)c2)cc1. The van der Waals surface area contributed by atoms with Crippen LogP contribution in [0.2, 0.25) is 0 Å². The zero-order valence-corrected chi connectivity index (χ0v) is 22.9. The number of rotatable bonds is 6. The molecule has 3 aromatic rings. The predicted octanol–water partition coefficient (Wildman–Crippen LogP) is 3.50. The van der Waals surface area contributed by atoms with Gasteiger partial charge in [0.15, 0.2) is 5.78 Å². The second-order valence-corrected chi connectivity index (χ2v) is 10.9. The van der Waals surface area contributed by atoms with Crippen LogP contribution >= 0.6 is 15.9 Å². The van der Waals surface area contributed by atoms with Gasteiger partial charge in [-0.2, -0.15) is 0 Å². The predicted molar refractivity (Wildman–Crippen MR) is 148 cm³/mol. The fourth-order valence-electron chi connectivity index (χ4n) is 5.34. The average molecular weight is 590 g/mol. The van der Waals surface area contributed by atoms with Crippen molar-refractivity contribution >= 4 is 39.4 Å². The highest BCUT2D eigenvalue weighted by molar-refractivity contribution is 9.10. The number of likely N-dealkylation sites (tertiary alicyclic amines) is 2. The monoisotopic (exact) mass is 589 g/mol. The van der Waals surface area contributed by atoms with Crippen LogP contribution in [0.25, 0.3) is 0 Å². The number of benzene rings is 3. The summed E-state index contributed by atoms with van der Waals surface area (Å²) in [7, 11) is 0. The van der Waals surface area contributed by atoms with E-state index in [2.05, 4.69) is 21.2 Å². The Kier molecular flexibility index (Phi) is 7.52. The number of fused-ring (bicyclic) bond motifs is 1. The Morgan fingerprint density at radius 2 is 1.72 bits per heavy atom. The molecule has 3 amide bonds. The van der Waals surface area contributed by atoms with E-state index in [9.17, 15) is 24.3 Å². The molecule has 2 N–H and O–H groups in total. The molecule has 3 aromatic carbocycles. The third kappa shape index (κ3) is 5.59. The highest BCUT2D eigenvalue weighted by atomic mass is 79.9. The zero-order chi connectivity index (χ0) is 27.7. The lowest BCUT2D eigenvalue weighted by Crippen LogP contribution is -2.53. The Hall–Kier alpha value is -3.98. The van der Waals surface area contributed by atoms with E-state index in [0.29, 0.717) is 24.1 Å². The summed E-state index contributed by atoms with van der Waals surface area (Å²) in [6.45, 7) is 2.18. The Morgan fingerprint density at radius 1 is 1.00 bits per heavy atom. The minimum Gasteiger partial charge on any atom is -0.508 e. The van der Waals surface area contributed by atoms with E-state index in [1.165, 1.54) is 17.0 Å². The van der Waals surface area contributed by atoms with Crippen LogP contribution in [0.15, 0.2) is 77.3 Å². The Balaban J connectivity index is 1.38. The van der Waals surface area contributed by atoms with Gasteiger partial charge < -0.3 is 20.2 Å². The quantitative estimate of drug-likeness (QED) is 0.457. The number of phenolic OH excluding ortho intramolecular Hbond substituents is 1. The molecule has 0 aliphatic carbocycles. The molecule has 0 saturated carbocycles. The van der Waals surface area contributed by atoms with Crippen molar-refractivity contribution in [2.45, 2.75) is 37.9 Å². The first kappa shape index (κ1) is 26.6. The zero-order valence-electron chi connectivity index (χ0n) is 21.3. The number of nitrogens with zero attached hydrogens (tertiary/aromatic N) is 2. The number of carbonyl (C=O) groups is 4. The van der Waals surface area contributed by atoms with Crippen molar-refractivity contribution in [1.82, 2.24) is 15.1 Å². The summed E-state index contributed by atoms with van der Waals surface area (Å²) in [6, 6.07) is 18.4. The lowest BCUT2D eigenvalue weighted by Gasteiger charge is -2.28.